The number of hydrogen-bond donors (Lipinski definition) is 2. The first kappa shape index (κ1) is 18.8. The van der Waals surface area contributed by atoms with Crippen molar-refractivity contribution in [2.75, 3.05) is 13.7 Å². The molecule has 0 radical (unpaired) electrons. The van der Waals surface area contributed by atoms with Crippen LogP contribution in [0.1, 0.15) is 10.4 Å². The Labute approximate surface area is 158 Å². The number of rotatable bonds is 6. The van der Waals surface area contributed by atoms with Crippen LogP contribution in [0.2, 0.25) is 0 Å². The molecular weight excluding hydrogens is 366 g/mol. The van der Waals surface area contributed by atoms with Gasteiger partial charge in [-0.25, -0.2) is 14.3 Å². The van der Waals surface area contributed by atoms with Crippen molar-refractivity contribution >= 4 is 5.91 Å². The first-order chi connectivity index (χ1) is 13.5. The molecule has 0 unspecified atom stereocenters. The number of nitrogens with one attached hydrogen (secondary N) is 2. The predicted octanol–water partition coefficient (Wildman–Crippen LogP) is -0.479. The molecule has 0 aliphatic rings. The number of carbonyl (C=O) groups is 1. The van der Waals surface area contributed by atoms with Gasteiger partial charge in [-0.15, -0.1) is 0 Å². The Hall–Kier alpha value is -3.95. The third kappa shape index (κ3) is 3.75. The minimum Gasteiger partial charge on any atom is -0.495 e. The van der Waals surface area contributed by atoms with E-state index in [1.807, 2.05) is 0 Å². The number of ether oxygens (including phenoxy) is 1. The van der Waals surface area contributed by atoms with Crippen molar-refractivity contribution in [2.24, 2.45) is 0 Å². The fourth-order valence-electron chi connectivity index (χ4n) is 2.60. The van der Waals surface area contributed by atoms with Crippen LogP contribution in [0.4, 0.5) is 0 Å². The van der Waals surface area contributed by atoms with E-state index >= 15 is 0 Å². The molecule has 3 aromatic rings. The van der Waals surface area contributed by atoms with Gasteiger partial charge in [-0.1, -0.05) is 12.1 Å². The number of aromatic amines is 1. The average Bonchev–Trinajstić information content (AvgIpc) is 2.70. The number of benzene rings is 1. The second-order valence-electron chi connectivity index (χ2n) is 5.69. The molecule has 144 valence electrons. The van der Waals surface area contributed by atoms with Gasteiger partial charge in [-0.05, 0) is 12.1 Å². The minimum absolute atomic E-state index is 0.0949. The van der Waals surface area contributed by atoms with Crippen molar-refractivity contribution in [1.29, 1.82) is 0 Å². The van der Waals surface area contributed by atoms with Crippen molar-refractivity contribution in [1.82, 2.24) is 24.4 Å². The Kier molecular flexibility index (Phi) is 5.49. The molecule has 0 saturated heterocycles. The van der Waals surface area contributed by atoms with Crippen molar-refractivity contribution in [3.05, 3.63) is 85.8 Å². The fourth-order valence-corrected chi connectivity index (χ4v) is 2.60. The van der Waals surface area contributed by atoms with Gasteiger partial charge in [0.15, 0.2) is 0 Å². The number of amides is 1. The summed E-state index contributed by atoms with van der Waals surface area (Å²) < 4.78 is 7.34. The fraction of sp³-hybridized carbons (Fsp3) is 0.167. The second-order valence-corrected chi connectivity index (χ2v) is 5.69. The van der Waals surface area contributed by atoms with E-state index in [9.17, 15) is 19.2 Å². The van der Waals surface area contributed by atoms with E-state index < -0.39 is 17.2 Å². The lowest BCUT2D eigenvalue weighted by molar-refractivity contribution is 0.0949. The van der Waals surface area contributed by atoms with Crippen molar-refractivity contribution in [3.63, 3.8) is 0 Å². The average molecular weight is 383 g/mol. The first-order valence-electron chi connectivity index (χ1n) is 8.29. The van der Waals surface area contributed by atoms with Gasteiger partial charge in [0.1, 0.15) is 11.3 Å². The lowest BCUT2D eigenvalue weighted by Gasteiger charge is -2.11. The van der Waals surface area contributed by atoms with Gasteiger partial charge in [-0.3, -0.25) is 19.0 Å². The molecule has 10 heteroatoms. The van der Waals surface area contributed by atoms with Gasteiger partial charge in [0.2, 0.25) is 0 Å². The molecular formula is C18H17N5O5. The predicted molar refractivity (Wildman–Crippen MR) is 100 cm³/mol. The Morgan fingerprint density at radius 1 is 1.21 bits per heavy atom. The molecule has 1 aromatic carbocycles. The Balaban J connectivity index is 1.86. The Bertz CT molecular complexity index is 1180. The van der Waals surface area contributed by atoms with Crippen molar-refractivity contribution in [2.45, 2.75) is 6.54 Å². The second kappa shape index (κ2) is 8.16. The van der Waals surface area contributed by atoms with Crippen LogP contribution in [0.5, 0.6) is 5.75 Å². The molecule has 1 amide bonds. The summed E-state index contributed by atoms with van der Waals surface area (Å²) in [6.45, 7) is 0.278. The lowest BCUT2D eigenvalue weighted by atomic mass is 10.2. The summed E-state index contributed by atoms with van der Waals surface area (Å²) in [5.41, 5.74) is -1.78. The largest absolute Gasteiger partial charge is 0.495 e. The van der Waals surface area contributed by atoms with Crippen LogP contribution < -0.4 is 26.9 Å². The van der Waals surface area contributed by atoms with Gasteiger partial charge in [0, 0.05) is 31.5 Å². The van der Waals surface area contributed by atoms with Crippen LogP contribution in [0, 0.1) is 0 Å². The van der Waals surface area contributed by atoms with Crippen LogP contribution in [0.25, 0.3) is 5.69 Å². The first-order valence-corrected chi connectivity index (χ1v) is 8.29. The van der Waals surface area contributed by atoms with Crippen LogP contribution in [0.3, 0.4) is 0 Å². The summed E-state index contributed by atoms with van der Waals surface area (Å²) >= 11 is 0. The highest BCUT2D eigenvalue weighted by Crippen LogP contribution is 2.19. The number of hydrogen-bond acceptors (Lipinski definition) is 6. The topological polar surface area (TPSA) is 128 Å². The number of H-pyrrole nitrogens is 1. The number of methoxy groups -OCH3 is 1. The van der Waals surface area contributed by atoms with Crippen molar-refractivity contribution < 1.29 is 9.53 Å². The Morgan fingerprint density at radius 2 is 2.00 bits per heavy atom. The van der Waals surface area contributed by atoms with Crippen LogP contribution in [-0.4, -0.2) is 38.7 Å². The standard InChI is InChI=1S/C18H17N5O5/c1-28-14-5-3-2-4-13(14)23-17(26)12(10-21-18(23)27)16(25)20-8-9-22-11-19-7-6-15(22)24/h2-7,10-11H,8-9H2,1H3,(H,20,25)(H,21,27). The van der Waals surface area contributed by atoms with E-state index in [4.69, 9.17) is 4.74 Å². The Morgan fingerprint density at radius 3 is 2.75 bits per heavy atom. The summed E-state index contributed by atoms with van der Waals surface area (Å²) in [6, 6.07) is 7.77. The van der Waals surface area contributed by atoms with Crippen LogP contribution >= 0.6 is 0 Å². The summed E-state index contributed by atoms with van der Waals surface area (Å²) in [5.74, 6) is -0.370. The van der Waals surface area contributed by atoms with Gasteiger partial charge in [-0.2, -0.15) is 0 Å². The smallest absolute Gasteiger partial charge is 0.333 e. The molecule has 0 aliphatic carbocycles. The molecule has 0 aliphatic heterocycles. The summed E-state index contributed by atoms with van der Waals surface area (Å²) in [6.07, 6.45) is 3.78. The molecule has 3 rings (SSSR count). The van der Waals surface area contributed by atoms with Gasteiger partial charge in [0.25, 0.3) is 17.0 Å². The molecule has 2 aromatic heterocycles. The summed E-state index contributed by atoms with van der Waals surface area (Å²) in [7, 11) is 1.41. The maximum absolute atomic E-state index is 12.7. The number of nitrogens with zero attached hydrogens (tertiary/aromatic N) is 3. The van der Waals surface area contributed by atoms with E-state index in [0.717, 1.165) is 10.8 Å². The van der Waals surface area contributed by atoms with E-state index in [0.29, 0.717) is 5.75 Å². The quantitative estimate of drug-likeness (QED) is 0.592. The minimum atomic E-state index is -0.788. The summed E-state index contributed by atoms with van der Waals surface area (Å²) in [4.78, 5) is 55.2. The highest BCUT2D eigenvalue weighted by atomic mass is 16.5. The van der Waals surface area contributed by atoms with E-state index in [1.54, 1.807) is 18.2 Å². The highest BCUT2D eigenvalue weighted by Gasteiger charge is 2.17. The number of aromatic nitrogens is 4. The third-order valence-electron chi connectivity index (χ3n) is 3.98. The van der Waals surface area contributed by atoms with Crippen molar-refractivity contribution in [3.8, 4) is 11.4 Å². The van der Waals surface area contributed by atoms with E-state index in [2.05, 4.69) is 15.3 Å². The molecule has 0 bridgehead atoms. The van der Waals surface area contributed by atoms with E-state index in [-0.39, 0.29) is 29.9 Å². The number of para-hydroxylation sites is 2. The zero-order valence-corrected chi connectivity index (χ0v) is 14.9. The highest BCUT2D eigenvalue weighted by molar-refractivity contribution is 5.93. The molecule has 0 fully saturated rings. The molecule has 0 atom stereocenters. The maximum atomic E-state index is 12.7. The number of carbonyl (C=O) groups excluding carboxylic acids is 1. The van der Waals surface area contributed by atoms with Gasteiger partial charge < -0.3 is 15.0 Å². The zero-order valence-electron chi connectivity index (χ0n) is 14.9. The summed E-state index contributed by atoms with van der Waals surface area (Å²) in [5, 5.41) is 2.55. The molecule has 0 spiro atoms. The molecule has 2 heterocycles. The SMILES string of the molecule is COc1ccccc1-n1c(=O)[nH]cc(C(=O)NCCn2cnccc2=O)c1=O. The monoisotopic (exact) mass is 383 g/mol. The van der Waals surface area contributed by atoms with Gasteiger partial charge in [0.05, 0.1) is 19.1 Å². The van der Waals surface area contributed by atoms with Gasteiger partial charge >= 0.3 is 5.69 Å². The maximum Gasteiger partial charge on any atom is 0.333 e. The van der Waals surface area contributed by atoms with E-state index in [1.165, 1.54) is 36.3 Å². The molecule has 0 saturated carbocycles. The molecule has 28 heavy (non-hydrogen) atoms. The molecule has 10 nitrogen and oxygen atoms in total. The molecule has 2 N–H and O–H groups in total. The zero-order chi connectivity index (χ0) is 20.1. The normalized spacial score (nSPS) is 10.5. The van der Waals surface area contributed by atoms with Crippen LogP contribution in [0.15, 0.2) is 63.4 Å². The van der Waals surface area contributed by atoms with Crippen LogP contribution in [-0.2, 0) is 6.54 Å². The lowest BCUT2D eigenvalue weighted by Crippen LogP contribution is -2.40. The third-order valence-corrected chi connectivity index (χ3v) is 3.98.